The Morgan fingerprint density at radius 3 is 2.73 bits per heavy atom. The predicted molar refractivity (Wildman–Crippen MR) is 97.9 cm³/mol. The fraction of sp³-hybridized carbons (Fsp3) is 0.222. The molecule has 7 nitrogen and oxygen atoms in total. The summed E-state index contributed by atoms with van der Waals surface area (Å²) in [6.07, 6.45) is 2.23. The molecule has 132 valence electrons. The highest BCUT2D eigenvalue weighted by atomic mass is 32.2. The summed E-state index contributed by atoms with van der Waals surface area (Å²) in [5.74, 6) is 1.28. The van der Waals surface area contributed by atoms with Gasteiger partial charge in [0.15, 0.2) is 5.65 Å². The number of aryl methyl sites for hydroxylation is 1. The maximum absolute atomic E-state index is 11.6. The van der Waals surface area contributed by atoms with Crippen molar-refractivity contribution >= 4 is 34.1 Å². The maximum atomic E-state index is 11.6. The molecular formula is C18H16N4O3S. The van der Waals surface area contributed by atoms with Gasteiger partial charge in [-0.05, 0) is 36.2 Å². The zero-order valence-electron chi connectivity index (χ0n) is 14.0. The highest BCUT2D eigenvalue weighted by molar-refractivity contribution is 8.15. The van der Waals surface area contributed by atoms with Crippen LogP contribution in [0.2, 0.25) is 0 Å². The van der Waals surface area contributed by atoms with Crippen molar-refractivity contribution in [3.05, 3.63) is 54.0 Å². The Morgan fingerprint density at radius 1 is 1.23 bits per heavy atom. The lowest BCUT2D eigenvalue weighted by Crippen LogP contribution is -2.25. The van der Waals surface area contributed by atoms with Gasteiger partial charge in [-0.25, -0.2) is 9.97 Å². The van der Waals surface area contributed by atoms with Crippen molar-refractivity contribution in [1.29, 1.82) is 0 Å². The number of hydrogen-bond acceptors (Lipinski definition) is 6. The monoisotopic (exact) mass is 368 g/mol. The quantitative estimate of drug-likeness (QED) is 0.744. The van der Waals surface area contributed by atoms with Gasteiger partial charge in [0.05, 0.1) is 10.8 Å². The summed E-state index contributed by atoms with van der Waals surface area (Å²) >= 11 is 1.04. The van der Waals surface area contributed by atoms with E-state index < -0.39 is 0 Å². The molecule has 26 heavy (non-hydrogen) atoms. The first-order valence-corrected chi connectivity index (χ1v) is 8.97. The number of nitrogens with zero attached hydrogens (tertiary/aromatic N) is 3. The summed E-state index contributed by atoms with van der Waals surface area (Å²) in [5, 5.41) is 1.66. The van der Waals surface area contributed by atoms with Gasteiger partial charge in [-0.3, -0.25) is 14.9 Å². The lowest BCUT2D eigenvalue weighted by atomic mass is 10.1. The van der Waals surface area contributed by atoms with E-state index in [0.29, 0.717) is 24.4 Å². The number of benzene rings is 1. The van der Waals surface area contributed by atoms with Crippen molar-refractivity contribution in [2.45, 2.75) is 18.3 Å². The van der Waals surface area contributed by atoms with Gasteiger partial charge >= 0.3 is 0 Å². The molecule has 0 saturated carbocycles. The normalized spacial score (nSPS) is 16.9. The fourth-order valence-electron chi connectivity index (χ4n) is 2.81. The van der Waals surface area contributed by atoms with Crippen LogP contribution in [0, 0.1) is 0 Å². The molecule has 1 N–H and O–H groups in total. The molecule has 3 aromatic rings. The summed E-state index contributed by atoms with van der Waals surface area (Å²) in [6.45, 7) is 0.335. The molecule has 1 aliphatic rings. The van der Waals surface area contributed by atoms with E-state index in [1.54, 1.807) is 6.20 Å². The number of hydrogen-bond donors (Lipinski definition) is 1. The molecule has 2 amide bonds. The third-order valence-electron chi connectivity index (χ3n) is 4.23. The second-order valence-electron chi connectivity index (χ2n) is 5.95. The van der Waals surface area contributed by atoms with Crippen LogP contribution in [0.25, 0.3) is 11.2 Å². The minimum absolute atomic E-state index is 0.226. The Balaban J connectivity index is 1.40. The molecule has 1 fully saturated rings. The van der Waals surface area contributed by atoms with E-state index in [4.69, 9.17) is 4.74 Å². The van der Waals surface area contributed by atoms with E-state index in [0.717, 1.165) is 28.7 Å². The van der Waals surface area contributed by atoms with Crippen LogP contribution in [0.5, 0.6) is 5.75 Å². The maximum Gasteiger partial charge on any atom is 0.286 e. The van der Waals surface area contributed by atoms with E-state index >= 15 is 0 Å². The van der Waals surface area contributed by atoms with Gasteiger partial charge in [-0.15, -0.1) is 0 Å². The first-order chi connectivity index (χ1) is 12.6. The molecule has 0 radical (unpaired) electrons. The van der Waals surface area contributed by atoms with Crippen LogP contribution in [0.4, 0.5) is 4.79 Å². The molecular weight excluding hydrogens is 352 g/mol. The molecule has 1 aromatic carbocycles. The zero-order chi connectivity index (χ0) is 18.1. The van der Waals surface area contributed by atoms with Gasteiger partial charge in [0.2, 0.25) is 5.91 Å². The average Bonchev–Trinajstić information content (AvgIpc) is 3.13. The summed E-state index contributed by atoms with van der Waals surface area (Å²) in [5.41, 5.74) is 2.64. The zero-order valence-corrected chi connectivity index (χ0v) is 14.8. The molecule has 1 unspecified atom stereocenters. The number of imidazole rings is 1. The average molecular weight is 368 g/mol. The molecule has 0 bridgehead atoms. The number of aromatic nitrogens is 3. The molecule has 8 heteroatoms. The van der Waals surface area contributed by atoms with E-state index in [9.17, 15) is 9.59 Å². The number of carbonyl (C=O) groups excluding carboxylic acids is 2. The van der Waals surface area contributed by atoms with Gasteiger partial charge < -0.3 is 9.30 Å². The van der Waals surface area contributed by atoms with Crippen molar-refractivity contribution in [2.24, 2.45) is 7.05 Å². The number of fused-ring (bicyclic) bond motifs is 1. The second kappa shape index (κ2) is 6.80. The molecule has 1 atom stereocenters. The number of pyridine rings is 1. The van der Waals surface area contributed by atoms with Gasteiger partial charge in [-0.2, -0.15) is 0 Å². The molecule has 3 heterocycles. The Labute approximate surface area is 153 Å². The van der Waals surface area contributed by atoms with Crippen LogP contribution in [-0.4, -0.2) is 30.9 Å². The third kappa shape index (κ3) is 3.28. The van der Waals surface area contributed by atoms with Crippen molar-refractivity contribution in [2.75, 3.05) is 0 Å². The van der Waals surface area contributed by atoms with Gasteiger partial charge in [0.1, 0.15) is 18.2 Å². The van der Waals surface area contributed by atoms with E-state index in [2.05, 4.69) is 15.3 Å². The SMILES string of the molecule is Cn1c(COc2ccc(CC3SC(=O)NC3=O)cc2)nc2ncccc21. The molecule has 2 aromatic heterocycles. The van der Waals surface area contributed by atoms with E-state index in [1.165, 1.54) is 0 Å². The van der Waals surface area contributed by atoms with Crippen molar-refractivity contribution in [3.63, 3.8) is 0 Å². The number of amides is 2. The van der Waals surface area contributed by atoms with Gasteiger partial charge in [-0.1, -0.05) is 23.9 Å². The lowest BCUT2D eigenvalue weighted by molar-refractivity contribution is -0.118. The molecule has 1 saturated heterocycles. The van der Waals surface area contributed by atoms with Gasteiger partial charge in [0.25, 0.3) is 5.24 Å². The Kier molecular flexibility index (Phi) is 4.34. The number of nitrogens with one attached hydrogen (secondary N) is 1. The third-order valence-corrected chi connectivity index (χ3v) is 5.21. The summed E-state index contributed by atoms with van der Waals surface area (Å²) < 4.78 is 7.78. The number of thioether (sulfide) groups is 1. The minimum Gasteiger partial charge on any atom is -0.486 e. The lowest BCUT2D eigenvalue weighted by Gasteiger charge is -2.08. The topological polar surface area (TPSA) is 86.1 Å². The molecule has 1 aliphatic heterocycles. The van der Waals surface area contributed by atoms with Crippen molar-refractivity contribution < 1.29 is 14.3 Å². The first-order valence-electron chi connectivity index (χ1n) is 8.10. The highest BCUT2D eigenvalue weighted by Gasteiger charge is 2.31. The molecule has 4 rings (SSSR count). The minimum atomic E-state index is -0.359. The highest BCUT2D eigenvalue weighted by Crippen LogP contribution is 2.24. The second-order valence-corrected chi connectivity index (χ2v) is 7.13. The molecule has 0 aliphatic carbocycles. The van der Waals surface area contributed by atoms with Crippen LogP contribution in [0.1, 0.15) is 11.4 Å². The molecule has 0 spiro atoms. The van der Waals surface area contributed by atoms with Crippen LogP contribution in [0.15, 0.2) is 42.6 Å². The Bertz CT molecular complexity index is 984. The summed E-state index contributed by atoms with van der Waals surface area (Å²) in [6, 6.07) is 11.4. The number of ether oxygens (including phenoxy) is 1. The Morgan fingerprint density at radius 2 is 2.04 bits per heavy atom. The standard InChI is InChI=1S/C18H16N4O3S/c1-22-13-3-2-8-19-16(13)20-15(22)10-25-12-6-4-11(5-7-12)9-14-17(23)21-18(24)26-14/h2-8,14H,9-10H2,1H3,(H,21,23,24). The number of imide groups is 1. The fourth-order valence-corrected chi connectivity index (χ4v) is 3.67. The van der Waals surface area contributed by atoms with E-state index in [-0.39, 0.29) is 16.4 Å². The number of rotatable bonds is 5. The first kappa shape index (κ1) is 16.6. The van der Waals surface area contributed by atoms with Crippen molar-refractivity contribution in [3.8, 4) is 5.75 Å². The van der Waals surface area contributed by atoms with Crippen LogP contribution >= 0.6 is 11.8 Å². The van der Waals surface area contributed by atoms with Gasteiger partial charge in [0, 0.05) is 13.2 Å². The summed E-state index contributed by atoms with van der Waals surface area (Å²) in [4.78, 5) is 31.6. The number of carbonyl (C=O) groups is 2. The van der Waals surface area contributed by atoms with Crippen molar-refractivity contribution in [1.82, 2.24) is 19.9 Å². The smallest absolute Gasteiger partial charge is 0.286 e. The largest absolute Gasteiger partial charge is 0.486 e. The van der Waals surface area contributed by atoms with Crippen LogP contribution in [0.3, 0.4) is 0 Å². The predicted octanol–water partition coefficient (Wildman–Crippen LogP) is 2.44. The van der Waals surface area contributed by atoms with Crippen LogP contribution in [-0.2, 0) is 24.9 Å². The summed E-state index contributed by atoms with van der Waals surface area (Å²) in [7, 11) is 1.93. The van der Waals surface area contributed by atoms with Crippen LogP contribution < -0.4 is 10.1 Å². The Hall–Kier alpha value is -2.87. The van der Waals surface area contributed by atoms with E-state index in [1.807, 2.05) is 48.0 Å².